The van der Waals surface area contributed by atoms with Gasteiger partial charge in [-0.2, -0.15) is 0 Å². The summed E-state index contributed by atoms with van der Waals surface area (Å²) in [5.74, 6) is -2.15. The van der Waals surface area contributed by atoms with Crippen LogP contribution in [0.25, 0.3) is 0 Å². The summed E-state index contributed by atoms with van der Waals surface area (Å²) in [7, 11) is 0. The monoisotopic (exact) mass is 343 g/mol. The SMILES string of the molecule is O=C(O)CCC(=O)O.[O]=[Bi]. The summed E-state index contributed by atoms with van der Waals surface area (Å²) in [6.07, 6.45) is -0.593. The van der Waals surface area contributed by atoms with Gasteiger partial charge in [-0.15, -0.1) is 0 Å². The molecule has 0 bridgehead atoms. The fraction of sp³-hybridized carbons (Fsp3) is 0.500. The number of carboxylic acids is 2. The van der Waals surface area contributed by atoms with E-state index in [0.29, 0.717) is 0 Å². The molecule has 2 N–H and O–H groups in total. The van der Waals surface area contributed by atoms with Crippen LogP contribution in [-0.2, 0) is 12.4 Å². The molecule has 0 unspecified atom stereocenters. The summed E-state index contributed by atoms with van der Waals surface area (Å²) in [5, 5.41) is 15.8. The quantitative estimate of drug-likeness (QED) is 0.670. The van der Waals surface area contributed by atoms with E-state index in [9.17, 15) is 9.59 Å². The fourth-order valence-electron chi connectivity index (χ4n) is 0.214. The standard InChI is InChI=1S/C4H6O4.Bi.O/c5-3(6)1-2-4(7)8;;/h1-2H2,(H,5,6)(H,7,8);;. The Labute approximate surface area is 72.3 Å². The van der Waals surface area contributed by atoms with Gasteiger partial charge in [0.2, 0.25) is 0 Å². The Morgan fingerprint density at radius 1 is 1.00 bits per heavy atom. The van der Waals surface area contributed by atoms with E-state index in [-0.39, 0.29) is 37.6 Å². The molecule has 1 radical (unpaired) electrons. The van der Waals surface area contributed by atoms with Crippen LogP contribution in [0.4, 0.5) is 0 Å². The van der Waals surface area contributed by atoms with Crippen molar-refractivity contribution in [3.8, 4) is 0 Å². The molecule has 0 saturated carbocycles. The second kappa shape index (κ2) is 8.62. The van der Waals surface area contributed by atoms with Crippen molar-refractivity contribution < 1.29 is 22.6 Å². The molecule has 0 aliphatic heterocycles. The average molecular weight is 343 g/mol. The maximum absolute atomic E-state index is 9.64. The van der Waals surface area contributed by atoms with Gasteiger partial charge in [-0.05, 0) is 0 Å². The van der Waals surface area contributed by atoms with E-state index in [1.54, 1.807) is 0 Å². The summed E-state index contributed by atoms with van der Waals surface area (Å²) < 4.78 is 8.36. The van der Waals surface area contributed by atoms with Crippen LogP contribution >= 0.6 is 0 Å². The first-order valence-corrected chi connectivity index (χ1v) is 3.66. The number of hydrogen-bond donors (Lipinski definition) is 2. The van der Waals surface area contributed by atoms with Gasteiger partial charge in [0.15, 0.2) is 0 Å². The van der Waals surface area contributed by atoms with Gasteiger partial charge < -0.3 is 10.2 Å². The molecule has 0 saturated heterocycles. The van der Waals surface area contributed by atoms with Crippen LogP contribution in [0, 0.1) is 0 Å². The normalized spacial score (nSPS) is 7.20. The molecule has 0 aliphatic rings. The van der Waals surface area contributed by atoms with E-state index >= 15 is 0 Å². The van der Waals surface area contributed by atoms with Gasteiger partial charge in [-0.3, -0.25) is 9.59 Å². The van der Waals surface area contributed by atoms with Gasteiger partial charge in [-0.1, -0.05) is 0 Å². The molecule has 0 aromatic heterocycles. The molecule has 0 aromatic carbocycles. The van der Waals surface area contributed by atoms with Crippen molar-refractivity contribution in [3.05, 3.63) is 0 Å². The van der Waals surface area contributed by atoms with Crippen molar-refractivity contribution in [2.75, 3.05) is 0 Å². The van der Waals surface area contributed by atoms with Gasteiger partial charge in [-0.25, -0.2) is 0 Å². The Morgan fingerprint density at radius 2 is 1.20 bits per heavy atom. The first-order valence-electron chi connectivity index (χ1n) is 2.25. The number of aliphatic carboxylic acids is 2. The molecule has 0 aromatic rings. The zero-order chi connectivity index (χ0) is 8.57. The van der Waals surface area contributed by atoms with Crippen LogP contribution in [0.3, 0.4) is 0 Å². The van der Waals surface area contributed by atoms with Crippen molar-refractivity contribution in [2.24, 2.45) is 0 Å². The Morgan fingerprint density at radius 3 is 1.30 bits per heavy atom. The minimum atomic E-state index is -1.08. The van der Waals surface area contributed by atoms with Gasteiger partial charge in [0, 0.05) is 0 Å². The van der Waals surface area contributed by atoms with E-state index in [2.05, 4.69) is 0 Å². The molecule has 6 heteroatoms. The number of rotatable bonds is 3. The second-order valence-corrected chi connectivity index (χ2v) is 1.29. The average Bonchev–Trinajstić information content (AvgIpc) is 1.89. The number of carbonyl (C=O) groups is 2. The van der Waals surface area contributed by atoms with Crippen molar-refractivity contribution >= 4 is 36.7 Å². The summed E-state index contributed by atoms with van der Waals surface area (Å²) in [4.78, 5) is 19.3. The van der Waals surface area contributed by atoms with Crippen LogP contribution in [0.5, 0.6) is 0 Å². The van der Waals surface area contributed by atoms with Crippen LogP contribution in [0.15, 0.2) is 0 Å². The predicted octanol–water partition coefficient (Wildman–Crippen LogP) is -0.564. The summed E-state index contributed by atoms with van der Waals surface area (Å²) in [6.45, 7) is 0. The molecule has 0 fully saturated rings. The number of hydrogen-bond acceptors (Lipinski definition) is 3. The first-order chi connectivity index (χ1) is 4.63. The molecule has 0 spiro atoms. The Hall–Kier alpha value is -0.377. The zero-order valence-electron chi connectivity index (χ0n) is 4.98. The molecule has 57 valence electrons. The predicted molar refractivity (Wildman–Crippen MR) is 30.9 cm³/mol. The third kappa shape index (κ3) is 15.6. The van der Waals surface area contributed by atoms with E-state index < -0.39 is 11.9 Å². The fourth-order valence-corrected chi connectivity index (χ4v) is 0.214. The third-order valence-corrected chi connectivity index (χ3v) is 0.553. The van der Waals surface area contributed by atoms with Crippen molar-refractivity contribution in [1.82, 2.24) is 0 Å². The van der Waals surface area contributed by atoms with Crippen LogP contribution in [-0.4, -0.2) is 46.9 Å². The summed E-state index contributed by atoms with van der Waals surface area (Å²) in [5.41, 5.74) is 0. The Bertz CT molecular complexity index is 109. The summed E-state index contributed by atoms with van der Waals surface area (Å²) in [6, 6.07) is 0. The molecule has 0 rings (SSSR count). The minimum absolute atomic E-state index is 0.194. The molecule has 10 heavy (non-hydrogen) atoms. The first kappa shape index (κ1) is 12.3. The molecule has 0 atom stereocenters. The second-order valence-electron chi connectivity index (χ2n) is 1.29. The third-order valence-electron chi connectivity index (χ3n) is 0.553. The van der Waals surface area contributed by atoms with E-state index in [4.69, 9.17) is 13.0 Å². The van der Waals surface area contributed by atoms with Gasteiger partial charge >= 0.3 is 39.5 Å². The van der Waals surface area contributed by atoms with Gasteiger partial charge in [0.05, 0.1) is 12.8 Å². The van der Waals surface area contributed by atoms with Crippen molar-refractivity contribution in [1.29, 1.82) is 0 Å². The number of carboxylic acid groups (broad SMARTS) is 2. The van der Waals surface area contributed by atoms with E-state index in [1.807, 2.05) is 0 Å². The summed E-state index contributed by atoms with van der Waals surface area (Å²) >= 11 is 0.194. The molecule has 0 amide bonds. The zero-order valence-corrected chi connectivity index (χ0v) is 8.46. The molecule has 5 nitrogen and oxygen atoms in total. The van der Waals surface area contributed by atoms with Crippen LogP contribution in [0.1, 0.15) is 12.8 Å². The van der Waals surface area contributed by atoms with Crippen LogP contribution in [0.2, 0.25) is 0 Å². The van der Waals surface area contributed by atoms with Crippen molar-refractivity contribution in [2.45, 2.75) is 12.8 Å². The Balaban J connectivity index is 0. The van der Waals surface area contributed by atoms with E-state index in [0.717, 1.165) is 0 Å². The van der Waals surface area contributed by atoms with E-state index in [1.165, 1.54) is 0 Å². The molecule has 0 aliphatic carbocycles. The Kier molecular flexibility index (Phi) is 10.6. The van der Waals surface area contributed by atoms with Gasteiger partial charge in [0.1, 0.15) is 0 Å². The molecule has 0 heterocycles. The molecular weight excluding hydrogens is 337 g/mol. The van der Waals surface area contributed by atoms with Crippen molar-refractivity contribution in [3.63, 3.8) is 0 Å². The van der Waals surface area contributed by atoms with Gasteiger partial charge in [0.25, 0.3) is 0 Å². The van der Waals surface area contributed by atoms with Crippen LogP contribution < -0.4 is 0 Å². The topological polar surface area (TPSA) is 91.7 Å². The maximum atomic E-state index is 9.64. The molecular formula is C4H6BiO5.